The number of carboxylic acid groups (broad SMARTS) is 1. The Morgan fingerprint density at radius 2 is 2.15 bits per heavy atom. The van der Waals surface area contributed by atoms with Crippen LogP contribution in [-0.4, -0.2) is 29.4 Å². The van der Waals surface area contributed by atoms with E-state index in [4.69, 9.17) is 0 Å². The molecule has 0 aliphatic carbocycles. The molecule has 1 amide bonds. The molecule has 1 rings (SSSR count). The minimum atomic E-state index is -1.13. The number of carboxylic acids is 1. The first-order valence-corrected chi connectivity index (χ1v) is 4.17. The fourth-order valence-corrected chi connectivity index (χ4v) is 1.51. The van der Waals surface area contributed by atoms with E-state index in [2.05, 4.69) is 0 Å². The van der Waals surface area contributed by atoms with Crippen molar-refractivity contribution in [3.63, 3.8) is 0 Å². The van der Waals surface area contributed by atoms with Gasteiger partial charge in [-0.15, -0.1) is 0 Å². The maximum atomic E-state index is 11.2. The number of nitrogens with zero attached hydrogens (tertiary/aromatic N) is 1. The van der Waals surface area contributed by atoms with Gasteiger partial charge in [0.1, 0.15) is 0 Å². The topological polar surface area (TPSA) is 60.4 Å². The molecule has 0 aromatic carbocycles. The third-order valence-corrected chi connectivity index (χ3v) is 2.15. The number of likely N-dealkylation sites (tertiary alicyclic amines) is 1. The van der Waals surface area contributed by atoms with Gasteiger partial charge in [-0.2, -0.15) is 0 Å². The molecule has 1 fully saturated rings. The number of rotatable bonds is 2. The van der Waals surface area contributed by atoms with Crippen molar-refractivity contribution >= 4 is 11.9 Å². The molecule has 1 aliphatic heterocycles. The standard InChI is InChI=1S/C8H13NO3.Na/c1-2-7(10)9-5-3-4-6(9)8(11)12;/h6H,2-5H2,1H3,(H,11,12);/q;+1/p-1/t6-;/m0./s1. The van der Waals surface area contributed by atoms with Gasteiger partial charge in [0.2, 0.25) is 5.91 Å². The van der Waals surface area contributed by atoms with Crippen LogP contribution in [0.2, 0.25) is 0 Å². The van der Waals surface area contributed by atoms with Gasteiger partial charge in [0.15, 0.2) is 0 Å². The molecule has 13 heavy (non-hydrogen) atoms. The molecular formula is C8H12NNaO3. The monoisotopic (exact) mass is 193 g/mol. The maximum Gasteiger partial charge on any atom is 1.00 e. The molecule has 0 aromatic heterocycles. The van der Waals surface area contributed by atoms with Crippen LogP contribution in [-0.2, 0) is 9.59 Å². The summed E-state index contributed by atoms with van der Waals surface area (Å²) in [6, 6.07) is -0.683. The molecule has 0 bridgehead atoms. The van der Waals surface area contributed by atoms with Gasteiger partial charge in [0.25, 0.3) is 0 Å². The van der Waals surface area contributed by atoms with E-state index >= 15 is 0 Å². The van der Waals surface area contributed by atoms with E-state index in [0.717, 1.165) is 6.42 Å². The Labute approximate surface area is 99.6 Å². The Kier molecular flexibility index (Phi) is 5.60. The largest absolute Gasteiger partial charge is 1.00 e. The van der Waals surface area contributed by atoms with Crippen LogP contribution in [0.15, 0.2) is 0 Å². The van der Waals surface area contributed by atoms with Crippen molar-refractivity contribution in [1.82, 2.24) is 4.90 Å². The van der Waals surface area contributed by atoms with E-state index in [-0.39, 0.29) is 35.5 Å². The molecule has 1 atom stereocenters. The summed E-state index contributed by atoms with van der Waals surface area (Å²) < 4.78 is 0. The zero-order chi connectivity index (χ0) is 9.14. The number of carbonyl (C=O) groups is 2. The second kappa shape index (κ2) is 5.62. The molecule has 5 heteroatoms. The van der Waals surface area contributed by atoms with Crippen LogP contribution in [0.4, 0.5) is 0 Å². The average Bonchev–Trinajstić information content (AvgIpc) is 2.50. The van der Waals surface area contributed by atoms with Crippen LogP contribution in [0.3, 0.4) is 0 Å². The molecule has 4 nitrogen and oxygen atoms in total. The summed E-state index contributed by atoms with van der Waals surface area (Å²) in [4.78, 5) is 23.1. The average molecular weight is 193 g/mol. The number of aliphatic carboxylic acids is 1. The Balaban J connectivity index is 0.00000144. The summed E-state index contributed by atoms with van der Waals surface area (Å²) in [5.41, 5.74) is 0. The number of amides is 1. The van der Waals surface area contributed by atoms with Gasteiger partial charge in [0, 0.05) is 13.0 Å². The zero-order valence-electron chi connectivity index (χ0n) is 8.08. The van der Waals surface area contributed by atoms with Gasteiger partial charge in [0.05, 0.1) is 12.0 Å². The smallest absolute Gasteiger partial charge is 0.548 e. The van der Waals surface area contributed by atoms with Crippen LogP contribution in [0.5, 0.6) is 0 Å². The van der Waals surface area contributed by atoms with Crippen LogP contribution in [0.25, 0.3) is 0 Å². The Bertz CT molecular complexity index is 208. The minimum Gasteiger partial charge on any atom is -0.548 e. The molecule has 0 N–H and O–H groups in total. The predicted octanol–water partition coefficient (Wildman–Crippen LogP) is -3.86. The van der Waals surface area contributed by atoms with Gasteiger partial charge in [-0.25, -0.2) is 0 Å². The van der Waals surface area contributed by atoms with E-state index < -0.39 is 12.0 Å². The van der Waals surface area contributed by atoms with Gasteiger partial charge in [-0.05, 0) is 12.8 Å². The molecule has 0 saturated carbocycles. The summed E-state index contributed by atoms with van der Waals surface area (Å²) in [5.74, 6) is -1.23. The van der Waals surface area contributed by atoms with Crippen LogP contribution in [0, 0.1) is 0 Å². The first kappa shape index (κ1) is 12.9. The van der Waals surface area contributed by atoms with E-state index in [1.807, 2.05) is 0 Å². The first-order chi connectivity index (χ1) is 5.66. The van der Waals surface area contributed by atoms with Gasteiger partial charge in [-0.1, -0.05) is 6.92 Å². The molecule has 68 valence electrons. The molecule has 1 heterocycles. The molecule has 0 aromatic rings. The van der Waals surface area contributed by atoms with Gasteiger partial charge < -0.3 is 14.8 Å². The Morgan fingerprint density at radius 1 is 1.54 bits per heavy atom. The third kappa shape index (κ3) is 2.97. The van der Waals surface area contributed by atoms with Crippen molar-refractivity contribution in [2.45, 2.75) is 32.2 Å². The van der Waals surface area contributed by atoms with Crippen LogP contribution < -0.4 is 34.7 Å². The van der Waals surface area contributed by atoms with Crippen molar-refractivity contribution in [3.05, 3.63) is 0 Å². The second-order valence-corrected chi connectivity index (χ2v) is 2.92. The first-order valence-electron chi connectivity index (χ1n) is 4.17. The van der Waals surface area contributed by atoms with E-state index in [9.17, 15) is 14.7 Å². The van der Waals surface area contributed by atoms with Crippen molar-refractivity contribution in [2.24, 2.45) is 0 Å². The van der Waals surface area contributed by atoms with Crippen molar-refractivity contribution in [3.8, 4) is 0 Å². The number of hydrogen-bond donors (Lipinski definition) is 0. The van der Waals surface area contributed by atoms with Gasteiger partial charge >= 0.3 is 29.6 Å². The maximum absolute atomic E-state index is 11.2. The van der Waals surface area contributed by atoms with Crippen LogP contribution in [0.1, 0.15) is 26.2 Å². The van der Waals surface area contributed by atoms with Crippen molar-refractivity contribution < 1.29 is 44.3 Å². The Hall–Kier alpha value is -0.0600. The molecule has 1 saturated heterocycles. The summed E-state index contributed by atoms with van der Waals surface area (Å²) in [6.45, 7) is 2.29. The van der Waals surface area contributed by atoms with E-state index in [1.54, 1.807) is 6.92 Å². The fraction of sp³-hybridized carbons (Fsp3) is 0.750. The van der Waals surface area contributed by atoms with E-state index in [1.165, 1.54) is 4.90 Å². The zero-order valence-corrected chi connectivity index (χ0v) is 10.1. The molecule has 0 spiro atoms. The Morgan fingerprint density at radius 3 is 2.62 bits per heavy atom. The summed E-state index contributed by atoms with van der Waals surface area (Å²) in [6.07, 6.45) is 1.67. The van der Waals surface area contributed by atoms with E-state index in [0.29, 0.717) is 19.4 Å². The summed E-state index contributed by atoms with van der Waals surface area (Å²) in [7, 11) is 0. The summed E-state index contributed by atoms with van der Waals surface area (Å²) >= 11 is 0. The molecule has 1 aliphatic rings. The summed E-state index contributed by atoms with van der Waals surface area (Å²) in [5, 5.41) is 10.5. The fourth-order valence-electron chi connectivity index (χ4n) is 1.51. The molecule has 0 radical (unpaired) electrons. The molecule has 0 unspecified atom stereocenters. The quantitative estimate of drug-likeness (QED) is 0.422. The second-order valence-electron chi connectivity index (χ2n) is 2.92. The SMILES string of the molecule is CCC(=O)N1CCC[C@H]1C(=O)[O-].[Na+]. The molecular weight excluding hydrogens is 181 g/mol. The number of hydrogen-bond acceptors (Lipinski definition) is 3. The van der Waals surface area contributed by atoms with Gasteiger partial charge in [-0.3, -0.25) is 4.79 Å². The minimum absolute atomic E-state index is 0. The third-order valence-electron chi connectivity index (χ3n) is 2.15. The normalized spacial score (nSPS) is 21.0. The van der Waals surface area contributed by atoms with Crippen LogP contribution >= 0.6 is 0 Å². The van der Waals surface area contributed by atoms with Crippen molar-refractivity contribution in [1.29, 1.82) is 0 Å². The number of carbonyl (C=O) groups excluding carboxylic acids is 2. The predicted molar refractivity (Wildman–Crippen MR) is 40.0 cm³/mol. The van der Waals surface area contributed by atoms with Crippen molar-refractivity contribution in [2.75, 3.05) is 6.54 Å².